The highest BCUT2D eigenvalue weighted by Crippen LogP contribution is 2.07. The van der Waals surface area contributed by atoms with Gasteiger partial charge in [-0.3, -0.25) is 4.98 Å². The normalized spacial score (nSPS) is 11.6. The van der Waals surface area contributed by atoms with E-state index < -0.39 is 8.07 Å². The van der Waals surface area contributed by atoms with Gasteiger partial charge in [-0.05, 0) is 23.6 Å². The molecule has 0 aliphatic heterocycles. The van der Waals surface area contributed by atoms with Crippen molar-refractivity contribution in [3.05, 3.63) is 59.4 Å². The second-order valence-corrected chi connectivity index (χ2v) is 11.6. The van der Waals surface area contributed by atoms with E-state index >= 15 is 0 Å². The third-order valence-corrected chi connectivity index (χ3v) is 5.87. The topological polar surface area (TPSA) is 24.9 Å². The fourth-order valence-corrected chi connectivity index (χ4v) is 3.57. The Labute approximate surface area is 129 Å². The molecule has 0 aliphatic rings. The summed E-state index contributed by atoms with van der Waals surface area (Å²) in [6.07, 6.45) is 2.91. The molecule has 0 unspecified atom stereocenters. The van der Waals surface area contributed by atoms with Crippen molar-refractivity contribution < 1.29 is 0 Å². The minimum Gasteiger partial charge on any atom is -0.307 e. The number of benzene rings is 1. The van der Waals surface area contributed by atoms with Crippen molar-refractivity contribution in [3.8, 4) is 0 Å². The first-order chi connectivity index (χ1) is 10.0. The Hall–Kier alpha value is -1.45. The molecule has 0 bridgehead atoms. The van der Waals surface area contributed by atoms with Gasteiger partial charge in [0.25, 0.3) is 0 Å². The van der Waals surface area contributed by atoms with Gasteiger partial charge in [-0.2, -0.15) is 0 Å². The van der Waals surface area contributed by atoms with Gasteiger partial charge in [0.05, 0.1) is 13.8 Å². The number of hydrogen-bond donors (Lipinski definition) is 1. The van der Waals surface area contributed by atoms with Crippen LogP contribution in [0.2, 0.25) is 19.6 Å². The zero-order chi connectivity index (χ0) is 15.3. The highest BCUT2D eigenvalue weighted by atomic mass is 28.3. The molecule has 2 aromatic rings. The summed E-state index contributed by atoms with van der Waals surface area (Å²) in [4.78, 5) is 4.47. The zero-order valence-corrected chi connectivity index (χ0v) is 14.6. The first-order valence-corrected chi connectivity index (χ1v) is 11.2. The molecule has 0 fully saturated rings. The van der Waals surface area contributed by atoms with Crippen LogP contribution in [0.4, 0.5) is 0 Å². The van der Waals surface area contributed by atoms with Crippen LogP contribution in [0.25, 0.3) is 0 Å². The van der Waals surface area contributed by atoms with Gasteiger partial charge in [-0.25, -0.2) is 0 Å². The molecule has 0 saturated heterocycles. The van der Waals surface area contributed by atoms with Gasteiger partial charge in [0.1, 0.15) is 0 Å². The summed E-state index contributed by atoms with van der Waals surface area (Å²) in [6.45, 7) is 11.1. The van der Waals surface area contributed by atoms with E-state index in [0.717, 1.165) is 19.5 Å². The van der Waals surface area contributed by atoms with Crippen molar-refractivity contribution in [1.29, 1.82) is 0 Å². The number of nitrogens with zero attached hydrogens (tertiary/aromatic N) is 1. The molecule has 2 nitrogen and oxygen atoms in total. The van der Waals surface area contributed by atoms with Crippen molar-refractivity contribution in [2.75, 3.05) is 0 Å². The molecule has 0 atom stereocenters. The van der Waals surface area contributed by atoms with Crippen molar-refractivity contribution in [2.24, 2.45) is 0 Å². The van der Waals surface area contributed by atoms with E-state index in [0.29, 0.717) is 0 Å². The third kappa shape index (κ3) is 4.51. The second kappa shape index (κ2) is 7.01. The first-order valence-electron chi connectivity index (χ1n) is 7.73. The van der Waals surface area contributed by atoms with Crippen LogP contribution in [0.15, 0.2) is 42.6 Å². The van der Waals surface area contributed by atoms with Crippen molar-refractivity contribution in [3.63, 3.8) is 0 Å². The Kier molecular flexibility index (Phi) is 5.31. The van der Waals surface area contributed by atoms with E-state index in [4.69, 9.17) is 0 Å². The van der Waals surface area contributed by atoms with Crippen LogP contribution in [0, 0.1) is 0 Å². The van der Waals surface area contributed by atoms with E-state index in [1.54, 1.807) is 0 Å². The Morgan fingerprint density at radius 1 is 1.00 bits per heavy atom. The lowest BCUT2D eigenvalue weighted by molar-refractivity contribution is 0.673. The smallest absolute Gasteiger partial charge is 0.0775 e. The lowest BCUT2D eigenvalue weighted by atomic mass is 10.1. The quantitative estimate of drug-likeness (QED) is 0.826. The van der Waals surface area contributed by atoms with Crippen LogP contribution in [0.5, 0.6) is 0 Å². The van der Waals surface area contributed by atoms with Gasteiger partial charge in [-0.1, -0.05) is 62.1 Å². The highest BCUT2D eigenvalue weighted by molar-refractivity contribution is 6.88. The molecule has 21 heavy (non-hydrogen) atoms. The molecule has 1 N–H and O–H groups in total. The standard InChI is InChI=1S/C18H26N2Si/c1-5-16-7-6-12-20-18(16)14-19-13-15-8-10-17(11-9-15)21(2,3)4/h6-12,19H,5,13-14H2,1-4H3. The number of pyridine rings is 1. The van der Waals surface area contributed by atoms with Gasteiger partial charge in [0.2, 0.25) is 0 Å². The maximum atomic E-state index is 4.47. The van der Waals surface area contributed by atoms with Crippen LogP contribution in [-0.4, -0.2) is 13.1 Å². The number of nitrogens with one attached hydrogen (secondary N) is 1. The Morgan fingerprint density at radius 3 is 2.33 bits per heavy atom. The number of hydrogen-bond acceptors (Lipinski definition) is 2. The molecule has 112 valence electrons. The Bertz CT molecular complexity index is 571. The largest absolute Gasteiger partial charge is 0.307 e. The molecule has 3 heteroatoms. The second-order valence-electron chi connectivity index (χ2n) is 6.51. The van der Waals surface area contributed by atoms with Gasteiger partial charge in [0.15, 0.2) is 0 Å². The summed E-state index contributed by atoms with van der Waals surface area (Å²) in [7, 11) is -1.18. The fraction of sp³-hybridized carbons (Fsp3) is 0.389. The minimum absolute atomic E-state index is 0.833. The molecule has 1 aromatic carbocycles. The maximum Gasteiger partial charge on any atom is 0.0775 e. The van der Waals surface area contributed by atoms with E-state index in [9.17, 15) is 0 Å². The van der Waals surface area contributed by atoms with Crippen LogP contribution >= 0.6 is 0 Å². The van der Waals surface area contributed by atoms with Crippen molar-refractivity contribution >= 4 is 13.3 Å². The molecule has 0 amide bonds. The molecule has 2 rings (SSSR count). The summed E-state index contributed by atoms with van der Waals surface area (Å²) in [6, 6.07) is 13.3. The molecular formula is C18H26N2Si. The van der Waals surface area contributed by atoms with E-state index in [1.807, 2.05) is 12.3 Å². The minimum atomic E-state index is -1.18. The van der Waals surface area contributed by atoms with Gasteiger partial charge in [0, 0.05) is 19.3 Å². The summed E-state index contributed by atoms with van der Waals surface area (Å²) in [5.41, 5.74) is 3.84. The molecule has 0 aliphatic carbocycles. The molecule has 0 radical (unpaired) electrons. The van der Waals surface area contributed by atoms with E-state index in [2.05, 4.69) is 67.2 Å². The lowest BCUT2D eigenvalue weighted by Crippen LogP contribution is -2.37. The fourth-order valence-electron chi connectivity index (χ4n) is 2.40. The molecule has 1 aromatic heterocycles. The van der Waals surface area contributed by atoms with Crippen molar-refractivity contribution in [2.45, 2.75) is 46.1 Å². The molecule has 0 saturated carbocycles. The molecule has 0 spiro atoms. The van der Waals surface area contributed by atoms with E-state index in [1.165, 1.54) is 22.0 Å². The van der Waals surface area contributed by atoms with Crippen molar-refractivity contribution in [1.82, 2.24) is 10.3 Å². The van der Waals surface area contributed by atoms with Crippen LogP contribution in [0.3, 0.4) is 0 Å². The van der Waals surface area contributed by atoms with Crippen LogP contribution < -0.4 is 10.5 Å². The lowest BCUT2D eigenvalue weighted by Gasteiger charge is -2.17. The summed E-state index contributed by atoms with van der Waals surface area (Å²) >= 11 is 0. The van der Waals surface area contributed by atoms with E-state index in [-0.39, 0.29) is 0 Å². The van der Waals surface area contributed by atoms with Crippen LogP contribution in [0.1, 0.15) is 23.7 Å². The Morgan fingerprint density at radius 2 is 1.71 bits per heavy atom. The summed E-state index contributed by atoms with van der Waals surface area (Å²) in [5, 5.41) is 5.02. The average Bonchev–Trinajstić information content (AvgIpc) is 2.47. The van der Waals surface area contributed by atoms with Gasteiger partial charge in [-0.15, -0.1) is 0 Å². The zero-order valence-electron chi connectivity index (χ0n) is 13.6. The van der Waals surface area contributed by atoms with Gasteiger partial charge >= 0.3 is 0 Å². The summed E-state index contributed by atoms with van der Waals surface area (Å²) in [5.74, 6) is 0. The average molecular weight is 299 g/mol. The monoisotopic (exact) mass is 298 g/mol. The molecular weight excluding hydrogens is 272 g/mol. The number of aromatic nitrogens is 1. The predicted molar refractivity (Wildman–Crippen MR) is 93.6 cm³/mol. The predicted octanol–water partition coefficient (Wildman–Crippen LogP) is 3.48. The third-order valence-electron chi connectivity index (χ3n) is 3.81. The number of rotatable bonds is 6. The van der Waals surface area contributed by atoms with Crippen LogP contribution in [-0.2, 0) is 19.5 Å². The molecule has 1 heterocycles. The van der Waals surface area contributed by atoms with Gasteiger partial charge < -0.3 is 5.32 Å². The number of aryl methyl sites for hydroxylation is 1. The maximum absolute atomic E-state index is 4.47. The summed E-state index contributed by atoms with van der Waals surface area (Å²) < 4.78 is 0. The Balaban J connectivity index is 1.92. The highest BCUT2D eigenvalue weighted by Gasteiger charge is 2.15. The first kappa shape index (κ1) is 15.9. The SMILES string of the molecule is CCc1cccnc1CNCc1ccc([Si](C)(C)C)cc1.